The number of carboxylic acids is 1. The van der Waals surface area contributed by atoms with Crippen molar-refractivity contribution in [2.75, 3.05) is 33.3 Å². The molecule has 1 aliphatic rings. The monoisotopic (exact) mass is 369 g/mol. The molecule has 0 radical (unpaired) electrons. The van der Waals surface area contributed by atoms with E-state index in [9.17, 15) is 9.90 Å². The molecule has 6 heteroatoms. The molecule has 2 aromatic rings. The van der Waals surface area contributed by atoms with Crippen LogP contribution >= 0.6 is 0 Å². The Hall–Kier alpha value is -2.44. The van der Waals surface area contributed by atoms with Crippen molar-refractivity contribution in [1.82, 2.24) is 14.8 Å². The quantitative estimate of drug-likeness (QED) is 0.845. The van der Waals surface area contributed by atoms with Crippen LogP contribution in [0.15, 0.2) is 42.6 Å². The van der Waals surface area contributed by atoms with Gasteiger partial charge in [-0.15, -0.1) is 0 Å². The van der Waals surface area contributed by atoms with Gasteiger partial charge in [-0.25, -0.2) is 0 Å². The normalized spacial score (nSPS) is 17.3. The molecule has 3 rings (SSSR count). The zero-order valence-corrected chi connectivity index (χ0v) is 16.0. The number of rotatable bonds is 6. The lowest BCUT2D eigenvalue weighted by Crippen LogP contribution is -2.37. The average molecular weight is 369 g/mol. The van der Waals surface area contributed by atoms with Crippen molar-refractivity contribution in [3.63, 3.8) is 0 Å². The van der Waals surface area contributed by atoms with E-state index in [0.29, 0.717) is 12.3 Å². The molecule has 1 saturated heterocycles. The minimum atomic E-state index is -0.836. The van der Waals surface area contributed by atoms with Gasteiger partial charge in [-0.2, -0.15) is 0 Å². The van der Waals surface area contributed by atoms with E-state index in [-0.39, 0.29) is 0 Å². The first kappa shape index (κ1) is 19.3. The molecule has 1 unspecified atom stereocenters. The molecule has 2 heterocycles. The van der Waals surface area contributed by atoms with Gasteiger partial charge in [-0.1, -0.05) is 23.8 Å². The van der Waals surface area contributed by atoms with Crippen LogP contribution in [0.1, 0.15) is 29.3 Å². The van der Waals surface area contributed by atoms with Gasteiger partial charge < -0.3 is 9.84 Å². The molecular formula is C21H27N3O3. The highest BCUT2D eigenvalue weighted by Gasteiger charge is 2.31. The predicted octanol–water partition coefficient (Wildman–Crippen LogP) is 2.73. The van der Waals surface area contributed by atoms with Crippen LogP contribution in [0.4, 0.5) is 0 Å². The van der Waals surface area contributed by atoms with E-state index >= 15 is 0 Å². The second-order valence-corrected chi connectivity index (χ2v) is 6.97. The number of aromatic nitrogens is 1. The van der Waals surface area contributed by atoms with Gasteiger partial charge in [0.2, 0.25) is 0 Å². The first-order valence-corrected chi connectivity index (χ1v) is 9.32. The number of carboxylic acid groups (broad SMARTS) is 1. The van der Waals surface area contributed by atoms with Crippen LogP contribution in [0.5, 0.6) is 5.75 Å². The number of aryl methyl sites for hydroxylation is 1. The molecule has 1 N–H and O–H groups in total. The molecule has 27 heavy (non-hydrogen) atoms. The van der Waals surface area contributed by atoms with Gasteiger partial charge in [0, 0.05) is 37.9 Å². The van der Waals surface area contributed by atoms with Crippen molar-refractivity contribution >= 4 is 5.97 Å². The molecular weight excluding hydrogens is 342 g/mol. The summed E-state index contributed by atoms with van der Waals surface area (Å²) in [5.74, 6) is -0.209. The van der Waals surface area contributed by atoms with E-state index in [4.69, 9.17) is 4.74 Å². The molecule has 1 atom stereocenters. The second-order valence-electron chi connectivity index (χ2n) is 6.97. The molecule has 144 valence electrons. The number of nitrogens with zero attached hydrogens (tertiary/aromatic N) is 3. The molecule has 1 fully saturated rings. The highest BCUT2D eigenvalue weighted by molar-refractivity contribution is 5.77. The number of hydrogen-bond acceptors (Lipinski definition) is 5. The molecule has 0 bridgehead atoms. The number of carbonyl (C=O) groups is 1. The Labute approximate surface area is 160 Å². The van der Waals surface area contributed by atoms with Gasteiger partial charge in [0.15, 0.2) is 0 Å². The number of aliphatic carboxylic acids is 1. The lowest BCUT2D eigenvalue weighted by Gasteiger charge is -2.29. The Balaban J connectivity index is 1.76. The summed E-state index contributed by atoms with van der Waals surface area (Å²) in [6.45, 7) is 5.95. The molecule has 0 spiro atoms. The lowest BCUT2D eigenvalue weighted by atomic mass is 10.0. The van der Waals surface area contributed by atoms with E-state index in [1.165, 1.54) is 0 Å². The summed E-state index contributed by atoms with van der Waals surface area (Å²) < 4.78 is 5.44. The Morgan fingerprint density at radius 2 is 2.07 bits per heavy atom. The lowest BCUT2D eigenvalue weighted by molar-refractivity contribution is -0.143. The zero-order chi connectivity index (χ0) is 19.2. The Bertz CT molecular complexity index is 767. The summed E-state index contributed by atoms with van der Waals surface area (Å²) in [5.41, 5.74) is 2.80. The minimum Gasteiger partial charge on any atom is -0.496 e. The van der Waals surface area contributed by atoms with Crippen LogP contribution in [0, 0.1) is 6.92 Å². The average Bonchev–Trinajstić information content (AvgIpc) is 2.88. The fourth-order valence-electron chi connectivity index (χ4n) is 3.68. The minimum absolute atomic E-state index is 0.627. The summed E-state index contributed by atoms with van der Waals surface area (Å²) in [4.78, 5) is 20.9. The highest BCUT2D eigenvalue weighted by Crippen LogP contribution is 2.31. The van der Waals surface area contributed by atoms with Crippen molar-refractivity contribution in [1.29, 1.82) is 0 Å². The maximum atomic E-state index is 12.1. The number of pyridine rings is 1. The van der Waals surface area contributed by atoms with Gasteiger partial charge in [0.25, 0.3) is 0 Å². The third-order valence-electron chi connectivity index (χ3n) is 5.01. The molecule has 1 aromatic carbocycles. The Kier molecular flexibility index (Phi) is 6.42. The van der Waals surface area contributed by atoms with Crippen LogP contribution in [-0.4, -0.2) is 59.1 Å². The standard InChI is InChI=1S/C21H27N3O3/c1-16-7-8-19(27-2)18(14-16)20(21(25)26)24-11-5-10-23(12-13-24)15-17-6-3-4-9-22-17/h3-4,6-9,14,20H,5,10-13,15H2,1-2H3,(H,25,26). The van der Waals surface area contributed by atoms with Gasteiger partial charge in [0.05, 0.1) is 12.8 Å². The first-order chi connectivity index (χ1) is 13.1. The van der Waals surface area contributed by atoms with Crippen molar-refractivity contribution in [2.45, 2.75) is 25.9 Å². The smallest absolute Gasteiger partial charge is 0.325 e. The maximum Gasteiger partial charge on any atom is 0.325 e. The number of benzene rings is 1. The third kappa shape index (κ3) is 4.84. The third-order valence-corrected chi connectivity index (χ3v) is 5.01. The van der Waals surface area contributed by atoms with Gasteiger partial charge >= 0.3 is 5.97 Å². The molecule has 0 amide bonds. The van der Waals surface area contributed by atoms with E-state index in [1.807, 2.05) is 49.5 Å². The van der Waals surface area contributed by atoms with Crippen LogP contribution in [0.2, 0.25) is 0 Å². The van der Waals surface area contributed by atoms with E-state index in [2.05, 4.69) is 14.8 Å². The second kappa shape index (κ2) is 8.97. The van der Waals surface area contributed by atoms with Gasteiger partial charge in [-0.3, -0.25) is 19.6 Å². The topological polar surface area (TPSA) is 65.9 Å². The van der Waals surface area contributed by atoms with Crippen molar-refractivity contribution < 1.29 is 14.6 Å². The Morgan fingerprint density at radius 1 is 1.22 bits per heavy atom. The van der Waals surface area contributed by atoms with Crippen molar-refractivity contribution in [2.24, 2.45) is 0 Å². The van der Waals surface area contributed by atoms with Gasteiger partial charge in [-0.05, 0) is 38.1 Å². The van der Waals surface area contributed by atoms with Crippen LogP contribution in [0.3, 0.4) is 0 Å². The summed E-state index contributed by atoms with van der Waals surface area (Å²) in [6, 6.07) is 11.0. The SMILES string of the molecule is COc1ccc(C)cc1C(C(=O)O)N1CCCN(Cc2ccccn2)CC1. The number of methoxy groups -OCH3 is 1. The zero-order valence-electron chi connectivity index (χ0n) is 16.0. The van der Waals surface area contributed by atoms with Crippen molar-refractivity contribution in [3.05, 3.63) is 59.4 Å². The van der Waals surface area contributed by atoms with E-state index in [0.717, 1.165) is 49.4 Å². The number of hydrogen-bond donors (Lipinski definition) is 1. The summed E-state index contributed by atoms with van der Waals surface area (Å²) in [7, 11) is 1.59. The summed E-state index contributed by atoms with van der Waals surface area (Å²) in [5, 5.41) is 9.96. The van der Waals surface area contributed by atoms with Crippen molar-refractivity contribution in [3.8, 4) is 5.75 Å². The molecule has 6 nitrogen and oxygen atoms in total. The Morgan fingerprint density at radius 3 is 2.78 bits per heavy atom. The molecule has 1 aromatic heterocycles. The highest BCUT2D eigenvalue weighted by atomic mass is 16.5. The number of ether oxygens (including phenoxy) is 1. The van der Waals surface area contributed by atoms with Crippen LogP contribution in [-0.2, 0) is 11.3 Å². The van der Waals surface area contributed by atoms with Crippen LogP contribution < -0.4 is 4.74 Å². The molecule has 0 saturated carbocycles. The molecule has 1 aliphatic heterocycles. The molecule has 0 aliphatic carbocycles. The van der Waals surface area contributed by atoms with Gasteiger partial charge in [0.1, 0.15) is 11.8 Å². The maximum absolute atomic E-state index is 12.1. The fraction of sp³-hybridized carbons (Fsp3) is 0.429. The largest absolute Gasteiger partial charge is 0.496 e. The summed E-state index contributed by atoms with van der Waals surface area (Å²) in [6.07, 6.45) is 2.73. The van der Waals surface area contributed by atoms with E-state index < -0.39 is 12.0 Å². The van der Waals surface area contributed by atoms with E-state index in [1.54, 1.807) is 7.11 Å². The fourth-order valence-corrected chi connectivity index (χ4v) is 3.68. The first-order valence-electron chi connectivity index (χ1n) is 9.32. The summed E-state index contributed by atoms with van der Waals surface area (Å²) >= 11 is 0. The predicted molar refractivity (Wildman–Crippen MR) is 104 cm³/mol. The van der Waals surface area contributed by atoms with Crippen LogP contribution in [0.25, 0.3) is 0 Å².